The molecule has 0 aromatic heterocycles. The fraction of sp³-hybridized carbons (Fsp3) is 0.941. The lowest BCUT2D eigenvalue weighted by Crippen LogP contribution is -2.36. The van der Waals surface area contributed by atoms with Gasteiger partial charge in [-0.1, -0.05) is 0 Å². The summed E-state index contributed by atoms with van der Waals surface area (Å²) in [6.45, 7) is 14.8. The average Bonchev–Trinajstić information content (AvgIpc) is 2.31. The van der Waals surface area contributed by atoms with Crippen molar-refractivity contribution in [2.75, 3.05) is 26.4 Å². The molecule has 2 N–H and O–H groups in total. The van der Waals surface area contributed by atoms with Crippen LogP contribution < -0.4 is 5.32 Å². The fourth-order valence-electron chi connectivity index (χ4n) is 1.78. The first-order chi connectivity index (χ1) is 10.4. The molecule has 0 aromatic carbocycles. The number of carbonyl (C=O) groups excluding carboxylic acids is 1. The summed E-state index contributed by atoms with van der Waals surface area (Å²) < 4.78 is 16.7. The number of ether oxygens (including phenoxy) is 3. The van der Waals surface area contributed by atoms with E-state index in [2.05, 4.69) is 5.32 Å². The summed E-state index contributed by atoms with van der Waals surface area (Å²) in [5.41, 5.74) is -1.17. The van der Waals surface area contributed by atoms with Crippen LogP contribution in [0.2, 0.25) is 0 Å². The van der Waals surface area contributed by atoms with Crippen molar-refractivity contribution >= 4 is 6.09 Å². The molecule has 0 radical (unpaired) electrons. The number of alkyl carbamates (subject to hydrolysis) is 1. The van der Waals surface area contributed by atoms with Crippen molar-refractivity contribution in [3.63, 3.8) is 0 Å². The van der Waals surface area contributed by atoms with E-state index in [1.165, 1.54) is 0 Å². The van der Waals surface area contributed by atoms with Crippen LogP contribution >= 0.6 is 0 Å². The number of amides is 1. The minimum atomic E-state index is -0.497. The normalized spacial score (nSPS) is 13.0. The van der Waals surface area contributed by atoms with Gasteiger partial charge in [0.15, 0.2) is 0 Å². The summed E-state index contributed by atoms with van der Waals surface area (Å²) in [5.74, 6) is 0. The van der Waals surface area contributed by atoms with Gasteiger partial charge >= 0.3 is 6.09 Å². The van der Waals surface area contributed by atoms with E-state index in [1.807, 2.05) is 48.5 Å². The standard InChI is InChI=1S/C17H35NO5/c1-15(2,3)23-14(20)18-10-13-22-17(6,7)9-12-21-16(4,5)8-11-19/h19H,8-13H2,1-7H3,(H,18,20). The van der Waals surface area contributed by atoms with Crippen LogP contribution in [-0.4, -0.2) is 54.4 Å². The van der Waals surface area contributed by atoms with Crippen molar-refractivity contribution < 1.29 is 24.1 Å². The molecule has 23 heavy (non-hydrogen) atoms. The molecule has 0 heterocycles. The second kappa shape index (κ2) is 9.45. The third kappa shape index (κ3) is 13.3. The van der Waals surface area contributed by atoms with E-state index in [4.69, 9.17) is 19.3 Å². The second-order valence-corrected chi connectivity index (χ2v) is 7.87. The Morgan fingerprint density at radius 1 is 0.913 bits per heavy atom. The molecule has 0 aromatic rings. The van der Waals surface area contributed by atoms with Gasteiger partial charge in [0, 0.05) is 13.2 Å². The molecule has 0 aliphatic carbocycles. The van der Waals surface area contributed by atoms with Crippen molar-refractivity contribution in [3.8, 4) is 0 Å². The Balaban J connectivity index is 3.90. The van der Waals surface area contributed by atoms with Gasteiger partial charge in [-0.25, -0.2) is 4.79 Å². The van der Waals surface area contributed by atoms with Gasteiger partial charge in [0.05, 0.1) is 24.4 Å². The summed E-state index contributed by atoms with van der Waals surface area (Å²) in [6.07, 6.45) is 0.899. The van der Waals surface area contributed by atoms with Crippen molar-refractivity contribution in [1.29, 1.82) is 0 Å². The molecule has 138 valence electrons. The number of carbonyl (C=O) groups is 1. The molecular formula is C17H35NO5. The van der Waals surface area contributed by atoms with Crippen LogP contribution in [0.3, 0.4) is 0 Å². The first-order valence-electron chi connectivity index (χ1n) is 8.22. The summed E-state index contributed by atoms with van der Waals surface area (Å²) in [6, 6.07) is 0. The Morgan fingerprint density at radius 2 is 1.43 bits per heavy atom. The summed E-state index contributed by atoms with van der Waals surface area (Å²) in [4.78, 5) is 11.5. The SMILES string of the molecule is CC(C)(C)OC(=O)NCCOC(C)(C)CCOC(C)(C)CCO. The monoisotopic (exact) mass is 333 g/mol. The van der Waals surface area contributed by atoms with Crippen LogP contribution in [0.5, 0.6) is 0 Å². The summed E-state index contributed by atoms with van der Waals surface area (Å²) >= 11 is 0. The Labute approximate surface area is 140 Å². The maximum absolute atomic E-state index is 11.5. The van der Waals surface area contributed by atoms with Gasteiger partial charge in [0.25, 0.3) is 0 Å². The van der Waals surface area contributed by atoms with Gasteiger partial charge in [-0.3, -0.25) is 0 Å². The van der Waals surface area contributed by atoms with E-state index in [1.54, 1.807) is 0 Å². The number of hydrogen-bond acceptors (Lipinski definition) is 5. The molecule has 0 atom stereocenters. The van der Waals surface area contributed by atoms with E-state index < -0.39 is 11.7 Å². The first kappa shape index (κ1) is 22.1. The van der Waals surface area contributed by atoms with Crippen LogP contribution in [0.15, 0.2) is 0 Å². The highest BCUT2D eigenvalue weighted by Crippen LogP contribution is 2.19. The number of rotatable bonds is 10. The number of aliphatic hydroxyl groups excluding tert-OH is 1. The largest absolute Gasteiger partial charge is 0.444 e. The van der Waals surface area contributed by atoms with E-state index in [9.17, 15) is 4.79 Å². The topological polar surface area (TPSA) is 77.0 Å². The van der Waals surface area contributed by atoms with Crippen molar-refractivity contribution in [1.82, 2.24) is 5.32 Å². The second-order valence-electron chi connectivity index (χ2n) is 7.87. The fourth-order valence-corrected chi connectivity index (χ4v) is 1.78. The Hall–Kier alpha value is -0.850. The van der Waals surface area contributed by atoms with Crippen LogP contribution in [0, 0.1) is 0 Å². The average molecular weight is 333 g/mol. The molecule has 0 rings (SSSR count). The van der Waals surface area contributed by atoms with Crippen LogP contribution in [0.25, 0.3) is 0 Å². The third-order valence-corrected chi connectivity index (χ3v) is 3.17. The summed E-state index contributed by atoms with van der Waals surface area (Å²) in [7, 11) is 0. The molecule has 0 aliphatic heterocycles. The third-order valence-electron chi connectivity index (χ3n) is 3.17. The highest BCUT2D eigenvalue weighted by Gasteiger charge is 2.22. The molecule has 0 saturated heterocycles. The van der Waals surface area contributed by atoms with Gasteiger partial charge < -0.3 is 24.6 Å². The van der Waals surface area contributed by atoms with Gasteiger partial charge in [-0.05, 0) is 61.3 Å². The van der Waals surface area contributed by atoms with E-state index in [0.717, 1.165) is 6.42 Å². The zero-order chi connectivity index (χ0) is 18.1. The minimum Gasteiger partial charge on any atom is -0.444 e. The Kier molecular flexibility index (Phi) is 9.10. The van der Waals surface area contributed by atoms with E-state index in [-0.39, 0.29) is 17.8 Å². The lowest BCUT2D eigenvalue weighted by Gasteiger charge is -2.29. The maximum Gasteiger partial charge on any atom is 0.407 e. The molecule has 1 amide bonds. The predicted molar refractivity (Wildman–Crippen MR) is 90.6 cm³/mol. The zero-order valence-electron chi connectivity index (χ0n) is 15.8. The highest BCUT2D eigenvalue weighted by molar-refractivity contribution is 5.67. The molecule has 0 spiro atoms. The quantitative estimate of drug-likeness (QED) is 0.601. The summed E-state index contributed by atoms with van der Waals surface area (Å²) in [5, 5.41) is 11.6. The van der Waals surface area contributed by atoms with Gasteiger partial charge in [-0.2, -0.15) is 0 Å². The molecule has 6 nitrogen and oxygen atoms in total. The lowest BCUT2D eigenvalue weighted by molar-refractivity contribution is -0.0769. The molecular weight excluding hydrogens is 298 g/mol. The van der Waals surface area contributed by atoms with E-state index in [0.29, 0.717) is 26.2 Å². The van der Waals surface area contributed by atoms with E-state index >= 15 is 0 Å². The van der Waals surface area contributed by atoms with Gasteiger partial charge in [0.2, 0.25) is 0 Å². The van der Waals surface area contributed by atoms with Crippen LogP contribution in [0.4, 0.5) is 4.79 Å². The smallest absolute Gasteiger partial charge is 0.407 e. The minimum absolute atomic E-state index is 0.114. The Morgan fingerprint density at radius 3 is 1.96 bits per heavy atom. The van der Waals surface area contributed by atoms with Crippen molar-refractivity contribution in [2.45, 2.75) is 78.1 Å². The van der Waals surface area contributed by atoms with Gasteiger partial charge in [-0.15, -0.1) is 0 Å². The number of nitrogens with one attached hydrogen (secondary N) is 1. The van der Waals surface area contributed by atoms with Gasteiger partial charge in [0.1, 0.15) is 5.60 Å². The van der Waals surface area contributed by atoms with Crippen molar-refractivity contribution in [3.05, 3.63) is 0 Å². The maximum atomic E-state index is 11.5. The zero-order valence-corrected chi connectivity index (χ0v) is 15.8. The number of aliphatic hydroxyl groups is 1. The molecule has 0 fully saturated rings. The molecule has 6 heteroatoms. The lowest BCUT2D eigenvalue weighted by atomic mass is 10.0. The highest BCUT2D eigenvalue weighted by atomic mass is 16.6. The number of hydrogen-bond donors (Lipinski definition) is 2. The predicted octanol–water partition coefficient (Wildman–Crippen LogP) is 2.87. The van der Waals surface area contributed by atoms with Crippen LogP contribution in [0.1, 0.15) is 61.3 Å². The first-order valence-corrected chi connectivity index (χ1v) is 8.22. The molecule has 0 saturated carbocycles. The van der Waals surface area contributed by atoms with Crippen molar-refractivity contribution in [2.24, 2.45) is 0 Å². The molecule has 0 bridgehead atoms. The molecule has 0 unspecified atom stereocenters. The molecule has 0 aliphatic rings. The van der Waals surface area contributed by atoms with Crippen LogP contribution in [-0.2, 0) is 14.2 Å². The Bertz CT molecular complexity index is 347.